The van der Waals surface area contributed by atoms with Crippen LogP contribution in [0.25, 0.3) is 0 Å². The first kappa shape index (κ1) is 13.6. The number of hydrogen-bond acceptors (Lipinski definition) is 3. The van der Waals surface area contributed by atoms with Gasteiger partial charge in [-0.15, -0.1) is 0 Å². The molecule has 0 fully saturated rings. The van der Waals surface area contributed by atoms with E-state index in [-0.39, 0.29) is 6.04 Å². The minimum atomic E-state index is -0.0359. The predicted molar refractivity (Wildman–Crippen MR) is 77.1 cm³/mol. The summed E-state index contributed by atoms with van der Waals surface area (Å²) in [5.41, 5.74) is 10.4. The molecule has 3 nitrogen and oxygen atoms in total. The van der Waals surface area contributed by atoms with Crippen LogP contribution >= 0.6 is 0 Å². The maximum atomic E-state index is 5.97. The van der Waals surface area contributed by atoms with E-state index in [4.69, 9.17) is 10.5 Å². The molecule has 0 aliphatic heterocycles. The molecule has 19 heavy (non-hydrogen) atoms. The van der Waals surface area contributed by atoms with E-state index in [0.29, 0.717) is 6.61 Å². The Balaban J connectivity index is 2.17. The largest absolute Gasteiger partial charge is 0.488 e. The molecule has 1 aromatic heterocycles. The van der Waals surface area contributed by atoms with Gasteiger partial charge in [0.05, 0.1) is 0 Å². The molecule has 1 unspecified atom stereocenters. The average molecular weight is 256 g/mol. The molecule has 1 heterocycles. The number of benzene rings is 1. The van der Waals surface area contributed by atoms with Gasteiger partial charge in [-0.2, -0.15) is 0 Å². The van der Waals surface area contributed by atoms with Gasteiger partial charge in [0.2, 0.25) is 0 Å². The third-order valence-corrected chi connectivity index (χ3v) is 2.99. The van der Waals surface area contributed by atoms with Crippen molar-refractivity contribution >= 4 is 0 Å². The second-order valence-corrected chi connectivity index (χ2v) is 4.99. The van der Waals surface area contributed by atoms with Gasteiger partial charge in [-0.3, -0.25) is 4.98 Å². The minimum absolute atomic E-state index is 0.0359. The van der Waals surface area contributed by atoms with Crippen LogP contribution in [0.4, 0.5) is 0 Å². The summed E-state index contributed by atoms with van der Waals surface area (Å²) in [7, 11) is 0. The van der Waals surface area contributed by atoms with E-state index < -0.39 is 0 Å². The van der Waals surface area contributed by atoms with E-state index in [1.165, 1.54) is 5.56 Å². The van der Waals surface area contributed by atoms with Gasteiger partial charge in [0.15, 0.2) is 0 Å². The Morgan fingerprint density at radius 2 is 1.95 bits per heavy atom. The molecule has 3 heteroatoms. The number of nitrogens with zero attached hydrogens (tertiary/aromatic N) is 1. The Labute approximate surface area is 114 Å². The Kier molecular flexibility index (Phi) is 4.17. The summed E-state index contributed by atoms with van der Waals surface area (Å²) in [4.78, 5) is 4.17. The van der Waals surface area contributed by atoms with Crippen LogP contribution in [0.5, 0.6) is 5.75 Å². The van der Waals surface area contributed by atoms with Gasteiger partial charge in [-0.25, -0.2) is 0 Å². The number of rotatable bonds is 4. The SMILES string of the molecule is Cc1cncc(COc2cc(C)ccc2C(C)N)c1. The van der Waals surface area contributed by atoms with Crippen LogP contribution in [-0.2, 0) is 6.61 Å². The van der Waals surface area contributed by atoms with Gasteiger partial charge in [-0.1, -0.05) is 12.1 Å². The highest BCUT2D eigenvalue weighted by Gasteiger charge is 2.08. The van der Waals surface area contributed by atoms with E-state index >= 15 is 0 Å². The summed E-state index contributed by atoms with van der Waals surface area (Å²) in [5.74, 6) is 0.858. The highest BCUT2D eigenvalue weighted by atomic mass is 16.5. The van der Waals surface area contributed by atoms with E-state index in [2.05, 4.69) is 17.1 Å². The topological polar surface area (TPSA) is 48.1 Å². The normalized spacial score (nSPS) is 12.2. The maximum absolute atomic E-state index is 5.97. The van der Waals surface area contributed by atoms with Crippen LogP contribution in [0.3, 0.4) is 0 Å². The second kappa shape index (κ2) is 5.85. The predicted octanol–water partition coefficient (Wildman–Crippen LogP) is 3.30. The zero-order valence-corrected chi connectivity index (χ0v) is 11.7. The molecule has 0 aliphatic carbocycles. The first-order chi connectivity index (χ1) is 9.06. The molecular formula is C16H20N2O. The summed E-state index contributed by atoms with van der Waals surface area (Å²) >= 11 is 0. The molecule has 2 aromatic rings. The Bertz CT molecular complexity index is 564. The lowest BCUT2D eigenvalue weighted by Gasteiger charge is -2.15. The molecule has 0 saturated carbocycles. The number of hydrogen-bond donors (Lipinski definition) is 1. The van der Waals surface area contributed by atoms with Crippen molar-refractivity contribution in [1.82, 2.24) is 4.98 Å². The second-order valence-electron chi connectivity index (χ2n) is 4.99. The minimum Gasteiger partial charge on any atom is -0.488 e. The Morgan fingerprint density at radius 3 is 2.63 bits per heavy atom. The summed E-state index contributed by atoms with van der Waals surface area (Å²) in [5, 5.41) is 0. The molecule has 1 atom stereocenters. The molecule has 2 N–H and O–H groups in total. The number of pyridine rings is 1. The zero-order chi connectivity index (χ0) is 13.8. The molecule has 1 aromatic carbocycles. The smallest absolute Gasteiger partial charge is 0.124 e. The van der Waals surface area contributed by atoms with Crippen molar-refractivity contribution in [2.24, 2.45) is 5.73 Å². The van der Waals surface area contributed by atoms with Crippen LogP contribution < -0.4 is 10.5 Å². The summed E-state index contributed by atoms with van der Waals surface area (Å²) in [6.45, 7) is 6.55. The van der Waals surface area contributed by atoms with Crippen molar-refractivity contribution < 1.29 is 4.74 Å². The first-order valence-electron chi connectivity index (χ1n) is 6.45. The Morgan fingerprint density at radius 1 is 1.16 bits per heavy atom. The standard InChI is InChI=1S/C16H20N2O/c1-11-4-5-15(13(3)17)16(7-11)19-10-14-6-12(2)8-18-9-14/h4-9,13H,10,17H2,1-3H3. The van der Waals surface area contributed by atoms with Crippen LogP contribution in [-0.4, -0.2) is 4.98 Å². The first-order valence-corrected chi connectivity index (χ1v) is 6.45. The van der Waals surface area contributed by atoms with Gasteiger partial charge in [0.25, 0.3) is 0 Å². The quantitative estimate of drug-likeness (QED) is 0.913. The van der Waals surface area contributed by atoms with E-state index in [1.54, 1.807) is 0 Å². The van der Waals surface area contributed by atoms with Crippen molar-refractivity contribution in [2.75, 3.05) is 0 Å². The number of aromatic nitrogens is 1. The molecule has 0 aliphatic rings. The van der Waals surface area contributed by atoms with Crippen LogP contribution in [0, 0.1) is 13.8 Å². The van der Waals surface area contributed by atoms with Gasteiger partial charge in [0, 0.05) is 29.6 Å². The molecule has 0 amide bonds. The molecule has 0 bridgehead atoms. The van der Waals surface area contributed by atoms with E-state index in [1.807, 2.05) is 45.3 Å². The summed E-state index contributed by atoms with van der Waals surface area (Å²) in [6, 6.07) is 8.16. The van der Waals surface area contributed by atoms with Gasteiger partial charge in [-0.05, 0) is 44.0 Å². The third-order valence-electron chi connectivity index (χ3n) is 2.99. The summed E-state index contributed by atoms with van der Waals surface area (Å²) in [6.07, 6.45) is 3.66. The van der Waals surface area contributed by atoms with Crippen molar-refractivity contribution in [3.63, 3.8) is 0 Å². The lowest BCUT2D eigenvalue weighted by atomic mass is 10.1. The fraction of sp³-hybridized carbons (Fsp3) is 0.312. The van der Waals surface area contributed by atoms with Crippen molar-refractivity contribution in [3.05, 3.63) is 58.9 Å². The van der Waals surface area contributed by atoms with Gasteiger partial charge in [0.1, 0.15) is 12.4 Å². The lowest BCUT2D eigenvalue weighted by Crippen LogP contribution is -2.08. The monoisotopic (exact) mass is 256 g/mol. The number of ether oxygens (including phenoxy) is 1. The van der Waals surface area contributed by atoms with Crippen molar-refractivity contribution in [2.45, 2.75) is 33.4 Å². The van der Waals surface area contributed by atoms with Crippen LogP contribution in [0.2, 0.25) is 0 Å². The maximum Gasteiger partial charge on any atom is 0.124 e. The van der Waals surface area contributed by atoms with Gasteiger partial charge >= 0.3 is 0 Å². The lowest BCUT2D eigenvalue weighted by molar-refractivity contribution is 0.301. The summed E-state index contributed by atoms with van der Waals surface area (Å²) < 4.78 is 5.90. The molecule has 2 rings (SSSR count). The molecular weight excluding hydrogens is 236 g/mol. The average Bonchev–Trinajstić information content (AvgIpc) is 2.36. The highest BCUT2D eigenvalue weighted by molar-refractivity contribution is 5.39. The fourth-order valence-corrected chi connectivity index (χ4v) is 2.00. The molecule has 100 valence electrons. The Hall–Kier alpha value is -1.87. The van der Waals surface area contributed by atoms with Crippen molar-refractivity contribution in [1.29, 1.82) is 0 Å². The van der Waals surface area contributed by atoms with Gasteiger partial charge < -0.3 is 10.5 Å². The molecule has 0 spiro atoms. The van der Waals surface area contributed by atoms with E-state index in [0.717, 1.165) is 22.4 Å². The number of nitrogens with two attached hydrogens (primary N) is 1. The highest BCUT2D eigenvalue weighted by Crippen LogP contribution is 2.25. The fourth-order valence-electron chi connectivity index (χ4n) is 2.00. The molecule has 0 radical (unpaired) electrons. The van der Waals surface area contributed by atoms with Crippen molar-refractivity contribution in [3.8, 4) is 5.75 Å². The molecule has 0 saturated heterocycles. The number of aryl methyl sites for hydroxylation is 2. The van der Waals surface area contributed by atoms with Crippen LogP contribution in [0.15, 0.2) is 36.7 Å². The van der Waals surface area contributed by atoms with Crippen LogP contribution in [0.1, 0.15) is 35.2 Å². The third kappa shape index (κ3) is 3.55. The van der Waals surface area contributed by atoms with E-state index in [9.17, 15) is 0 Å². The zero-order valence-electron chi connectivity index (χ0n) is 11.7.